The molecule has 2 aromatic carbocycles. The van der Waals surface area contributed by atoms with Crippen LogP contribution in [0.15, 0.2) is 58.2 Å². The van der Waals surface area contributed by atoms with E-state index in [1.165, 1.54) is 11.8 Å². The molecule has 0 saturated heterocycles. The number of hydrogen-bond donors (Lipinski definition) is 1. The molecule has 1 N–H and O–H groups in total. The van der Waals surface area contributed by atoms with E-state index >= 15 is 0 Å². The van der Waals surface area contributed by atoms with Crippen LogP contribution in [0.1, 0.15) is 30.0 Å². The molecular formula is C22H23BrN4O3S. The van der Waals surface area contributed by atoms with Crippen LogP contribution in [-0.4, -0.2) is 38.8 Å². The first-order valence-corrected chi connectivity index (χ1v) is 11.6. The third-order valence-electron chi connectivity index (χ3n) is 4.38. The average Bonchev–Trinajstić information content (AvgIpc) is 3.15. The monoisotopic (exact) mass is 502 g/mol. The number of hydrogen-bond acceptors (Lipinski definition) is 6. The maximum Gasteiger partial charge on any atom is 0.232 e. The van der Waals surface area contributed by atoms with Gasteiger partial charge in [0.25, 0.3) is 0 Å². The fourth-order valence-electron chi connectivity index (χ4n) is 2.87. The van der Waals surface area contributed by atoms with Crippen LogP contribution in [0.25, 0.3) is 0 Å². The summed E-state index contributed by atoms with van der Waals surface area (Å²) >= 11 is 4.68. The number of thioether (sulfide) groups is 1. The Balaban J connectivity index is 1.59. The van der Waals surface area contributed by atoms with Crippen LogP contribution in [0.3, 0.4) is 0 Å². The summed E-state index contributed by atoms with van der Waals surface area (Å²) < 4.78 is 8.19. The molecule has 1 heterocycles. The highest BCUT2D eigenvalue weighted by Crippen LogP contribution is 2.20. The Labute approximate surface area is 193 Å². The number of carbonyl (C=O) groups excluding carboxylic acids is 2. The number of ether oxygens (including phenoxy) is 1. The Morgan fingerprint density at radius 2 is 1.77 bits per heavy atom. The molecule has 9 heteroatoms. The van der Waals surface area contributed by atoms with E-state index in [0.717, 1.165) is 10.2 Å². The first-order valence-electron chi connectivity index (χ1n) is 9.86. The van der Waals surface area contributed by atoms with Crippen LogP contribution in [0.4, 0.5) is 5.69 Å². The number of anilines is 1. The highest BCUT2D eigenvalue weighted by Gasteiger charge is 2.16. The van der Waals surface area contributed by atoms with E-state index in [1.54, 1.807) is 24.3 Å². The molecule has 3 aromatic rings. The first-order chi connectivity index (χ1) is 15.0. The lowest BCUT2D eigenvalue weighted by Gasteiger charge is -2.09. The molecule has 0 aliphatic heterocycles. The smallest absolute Gasteiger partial charge is 0.232 e. The largest absolute Gasteiger partial charge is 0.494 e. The Morgan fingerprint density at radius 3 is 2.42 bits per heavy atom. The number of benzene rings is 2. The van der Waals surface area contributed by atoms with Gasteiger partial charge in [-0.1, -0.05) is 39.8 Å². The summed E-state index contributed by atoms with van der Waals surface area (Å²) in [6, 6.07) is 14.5. The van der Waals surface area contributed by atoms with Gasteiger partial charge < -0.3 is 14.6 Å². The minimum Gasteiger partial charge on any atom is -0.494 e. The predicted molar refractivity (Wildman–Crippen MR) is 125 cm³/mol. The van der Waals surface area contributed by atoms with Gasteiger partial charge in [-0.2, -0.15) is 0 Å². The number of halogens is 1. The Morgan fingerprint density at radius 1 is 1.06 bits per heavy atom. The van der Waals surface area contributed by atoms with Crippen molar-refractivity contribution in [1.82, 2.24) is 14.8 Å². The molecule has 7 nitrogen and oxygen atoms in total. The van der Waals surface area contributed by atoms with Gasteiger partial charge in [0.15, 0.2) is 10.9 Å². The molecule has 1 aromatic heterocycles. The maximum absolute atomic E-state index is 12.5. The highest BCUT2D eigenvalue weighted by molar-refractivity contribution is 9.10. The van der Waals surface area contributed by atoms with Gasteiger partial charge in [-0.3, -0.25) is 9.59 Å². The Hall–Kier alpha value is -2.65. The van der Waals surface area contributed by atoms with Crippen LogP contribution >= 0.6 is 27.7 Å². The van der Waals surface area contributed by atoms with Gasteiger partial charge in [-0.15, -0.1) is 10.2 Å². The summed E-state index contributed by atoms with van der Waals surface area (Å²) in [5, 5.41) is 11.8. The Kier molecular flexibility index (Phi) is 8.25. The normalized spacial score (nSPS) is 10.7. The summed E-state index contributed by atoms with van der Waals surface area (Å²) in [6.45, 7) is 5.07. The molecule has 162 valence electrons. The van der Waals surface area contributed by atoms with Crippen molar-refractivity contribution >= 4 is 45.1 Å². The van der Waals surface area contributed by atoms with Gasteiger partial charge in [-0.25, -0.2) is 0 Å². The summed E-state index contributed by atoms with van der Waals surface area (Å²) in [5.41, 5.74) is 1.33. The molecule has 0 aliphatic carbocycles. The van der Waals surface area contributed by atoms with Crippen molar-refractivity contribution in [3.63, 3.8) is 0 Å². The van der Waals surface area contributed by atoms with Gasteiger partial charge in [0.05, 0.1) is 18.8 Å². The zero-order valence-corrected chi connectivity index (χ0v) is 19.7. The SMILES string of the molecule is CCOc1ccc(NC(=O)Cc2nnc(SCC(=O)c3ccc(Br)cc3)n2CC)cc1. The zero-order valence-electron chi connectivity index (χ0n) is 17.3. The standard InChI is InChI=1S/C22H23BrN4O3S/c1-3-27-20(13-21(29)24-17-9-11-18(12-10-17)30-4-2)25-26-22(27)31-14-19(28)15-5-7-16(23)8-6-15/h5-12H,3-4,13-14H2,1-2H3,(H,24,29). The van der Waals surface area contributed by atoms with E-state index in [-0.39, 0.29) is 23.9 Å². The molecule has 0 saturated carbocycles. The van der Waals surface area contributed by atoms with Gasteiger partial charge in [0, 0.05) is 22.3 Å². The third-order valence-corrected chi connectivity index (χ3v) is 5.87. The molecule has 0 spiro atoms. The second-order valence-corrected chi connectivity index (χ2v) is 8.40. The van der Waals surface area contributed by atoms with Crippen molar-refractivity contribution in [1.29, 1.82) is 0 Å². The number of aromatic nitrogens is 3. The predicted octanol–water partition coefficient (Wildman–Crippen LogP) is 4.62. The number of nitrogens with one attached hydrogen (secondary N) is 1. The van der Waals surface area contributed by atoms with Gasteiger partial charge in [-0.05, 0) is 50.2 Å². The van der Waals surface area contributed by atoms with Crippen LogP contribution in [-0.2, 0) is 17.8 Å². The maximum atomic E-state index is 12.5. The number of amides is 1. The molecule has 1 amide bonds. The van der Waals surface area contributed by atoms with Crippen molar-refractivity contribution in [3.05, 3.63) is 64.4 Å². The fraction of sp³-hybridized carbons (Fsp3) is 0.273. The first kappa shape index (κ1) is 23.0. The topological polar surface area (TPSA) is 86.1 Å². The summed E-state index contributed by atoms with van der Waals surface area (Å²) in [7, 11) is 0. The molecule has 0 bridgehead atoms. The third kappa shape index (κ3) is 6.41. The van der Waals surface area contributed by atoms with E-state index in [4.69, 9.17) is 4.74 Å². The van der Waals surface area contributed by atoms with Crippen LogP contribution < -0.4 is 10.1 Å². The van der Waals surface area contributed by atoms with E-state index < -0.39 is 0 Å². The minimum absolute atomic E-state index is 0.0120. The van der Waals surface area contributed by atoms with E-state index in [0.29, 0.717) is 35.4 Å². The second kappa shape index (κ2) is 11.1. The summed E-state index contributed by atoms with van der Waals surface area (Å²) in [4.78, 5) is 24.9. The van der Waals surface area contributed by atoms with Crippen molar-refractivity contribution in [2.45, 2.75) is 32.0 Å². The number of nitrogens with zero attached hydrogens (tertiary/aromatic N) is 3. The molecule has 31 heavy (non-hydrogen) atoms. The van der Waals surface area contributed by atoms with E-state index in [1.807, 2.05) is 42.7 Å². The molecule has 0 aliphatic rings. The number of rotatable bonds is 10. The average molecular weight is 503 g/mol. The lowest BCUT2D eigenvalue weighted by atomic mass is 10.2. The quantitative estimate of drug-likeness (QED) is 0.321. The minimum atomic E-state index is -0.186. The Bertz CT molecular complexity index is 1040. The van der Waals surface area contributed by atoms with Crippen molar-refractivity contribution in [3.8, 4) is 5.75 Å². The number of ketones is 1. The molecule has 0 fully saturated rings. The van der Waals surface area contributed by atoms with Crippen LogP contribution in [0, 0.1) is 0 Å². The van der Waals surface area contributed by atoms with E-state index in [9.17, 15) is 9.59 Å². The van der Waals surface area contributed by atoms with Crippen molar-refractivity contribution < 1.29 is 14.3 Å². The number of Topliss-reactive ketones (excluding diaryl/α,β-unsaturated/α-hetero) is 1. The second-order valence-electron chi connectivity index (χ2n) is 6.54. The molecule has 3 rings (SSSR count). The fourth-order valence-corrected chi connectivity index (χ4v) is 4.05. The molecule has 0 radical (unpaired) electrons. The van der Waals surface area contributed by atoms with Crippen LogP contribution in [0.5, 0.6) is 5.75 Å². The molecule has 0 unspecified atom stereocenters. The van der Waals surface area contributed by atoms with Gasteiger partial charge in [0.1, 0.15) is 11.6 Å². The lowest BCUT2D eigenvalue weighted by Crippen LogP contribution is -2.17. The molecule has 0 atom stereocenters. The lowest BCUT2D eigenvalue weighted by molar-refractivity contribution is -0.115. The van der Waals surface area contributed by atoms with E-state index in [2.05, 4.69) is 31.4 Å². The number of carbonyl (C=O) groups is 2. The van der Waals surface area contributed by atoms with Crippen molar-refractivity contribution in [2.24, 2.45) is 0 Å². The molecular weight excluding hydrogens is 480 g/mol. The van der Waals surface area contributed by atoms with Gasteiger partial charge >= 0.3 is 0 Å². The summed E-state index contributed by atoms with van der Waals surface area (Å²) in [6.07, 6.45) is 0.0925. The van der Waals surface area contributed by atoms with Crippen molar-refractivity contribution in [2.75, 3.05) is 17.7 Å². The summed E-state index contributed by atoms with van der Waals surface area (Å²) in [5.74, 6) is 1.39. The van der Waals surface area contributed by atoms with Crippen LogP contribution in [0.2, 0.25) is 0 Å². The van der Waals surface area contributed by atoms with Gasteiger partial charge in [0.2, 0.25) is 5.91 Å². The zero-order chi connectivity index (χ0) is 22.2. The highest BCUT2D eigenvalue weighted by atomic mass is 79.9.